The molecular weight excluding hydrogens is 222 g/mol. The van der Waals surface area contributed by atoms with Crippen molar-refractivity contribution in [1.29, 1.82) is 0 Å². The number of nitrogens with one attached hydrogen (secondary N) is 1. The number of hydrogen-bond donors (Lipinski definition) is 1. The van der Waals surface area contributed by atoms with Crippen molar-refractivity contribution in [3.63, 3.8) is 0 Å². The van der Waals surface area contributed by atoms with E-state index in [2.05, 4.69) is 45.4 Å². The van der Waals surface area contributed by atoms with E-state index in [9.17, 15) is 0 Å². The van der Waals surface area contributed by atoms with E-state index in [1.54, 1.807) is 0 Å². The summed E-state index contributed by atoms with van der Waals surface area (Å²) < 4.78 is 0. The van der Waals surface area contributed by atoms with Crippen LogP contribution in [0.3, 0.4) is 0 Å². The predicted octanol–water partition coefficient (Wildman–Crippen LogP) is 1.56. The van der Waals surface area contributed by atoms with Crippen molar-refractivity contribution in [2.45, 2.75) is 18.9 Å². The Morgan fingerprint density at radius 1 is 1.00 bits per heavy atom. The highest BCUT2D eigenvalue weighted by atomic mass is 15.3. The van der Waals surface area contributed by atoms with Gasteiger partial charge in [-0.25, -0.2) is 0 Å². The van der Waals surface area contributed by atoms with E-state index in [-0.39, 0.29) is 0 Å². The first-order valence-corrected chi connectivity index (χ1v) is 7.17. The number of benzene rings is 1. The maximum Gasteiger partial charge on any atom is 0.0367 e. The summed E-state index contributed by atoms with van der Waals surface area (Å²) in [5.41, 5.74) is 1.37. The Bertz CT molecular complexity index is 353. The molecule has 18 heavy (non-hydrogen) atoms. The zero-order valence-corrected chi connectivity index (χ0v) is 11.0. The molecule has 3 rings (SSSR count). The molecule has 1 saturated carbocycles. The molecule has 1 N–H and O–H groups in total. The molecular formula is C15H23N3. The molecule has 0 bridgehead atoms. The molecule has 3 nitrogen and oxygen atoms in total. The molecule has 1 aromatic rings. The lowest BCUT2D eigenvalue weighted by atomic mass is 10.2. The fraction of sp³-hybridized carbons (Fsp3) is 0.600. The van der Waals surface area contributed by atoms with Crippen molar-refractivity contribution in [3.8, 4) is 0 Å². The zero-order valence-electron chi connectivity index (χ0n) is 11.0. The molecule has 1 aliphatic heterocycles. The van der Waals surface area contributed by atoms with Crippen LogP contribution in [0, 0.1) is 0 Å². The molecule has 0 amide bonds. The normalized spacial score (nSPS) is 21.2. The van der Waals surface area contributed by atoms with Crippen LogP contribution < -0.4 is 10.2 Å². The summed E-state index contributed by atoms with van der Waals surface area (Å²) >= 11 is 0. The SMILES string of the molecule is c1ccc(N2CCN(CCNC3CC3)CC2)cc1. The van der Waals surface area contributed by atoms with Crippen LogP contribution in [0.4, 0.5) is 5.69 Å². The topological polar surface area (TPSA) is 18.5 Å². The second kappa shape index (κ2) is 5.72. The van der Waals surface area contributed by atoms with Gasteiger partial charge in [0.2, 0.25) is 0 Å². The first kappa shape index (κ1) is 12.0. The van der Waals surface area contributed by atoms with E-state index in [4.69, 9.17) is 0 Å². The fourth-order valence-electron chi connectivity index (χ4n) is 2.58. The highest BCUT2D eigenvalue weighted by molar-refractivity contribution is 5.46. The molecule has 2 aliphatic rings. The molecule has 0 spiro atoms. The van der Waals surface area contributed by atoms with E-state index in [1.165, 1.54) is 38.2 Å². The summed E-state index contributed by atoms with van der Waals surface area (Å²) in [4.78, 5) is 5.07. The van der Waals surface area contributed by atoms with Crippen LogP contribution in [0.15, 0.2) is 30.3 Å². The Hall–Kier alpha value is -1.06. The standard InChI is InChI=1S/C15H23N3/c1-2-4-15(5-3-1)18-12-10-17(11-13-18)9-8-16-14-6-7-14/h1-5,14,16H,6-13H2. The summed E-state index contributed by atoms with van der Waals surface area (Å²) in [7, 11) is 0. The average molecular weight is 245 g/mol. The molecule has 0 radical (unpaired) electrons. The minimum absolute atomic E-state index is 0.843. The maximum atomic E-state index is 3.59. The highest BCUT2D eigenvalue weighted by Gasteiger charge is 2.21. The van der Waals surface area contributed by atoms with Crippen LogP contribution >= 0.6 is 0 Å². The van der Waals surface area contributed by atoms with Gasteiger partial charge in [-0.15, -0.1) is 0 Å². The van der Waals surface area contributed by atoms with Crippen molar-refractivity contribution in [2.24, 2.45) is 0 Å². The number of rotatable bonds is 5. The van der Waals surface area contributed by atoms with Gasteiger partial charge in [-0.2, -0.15) is 0 Å². The molecule has 2 fully saturated rings. The minimum Gasteiger partial charge on any atom is -0.369 e. The Morgan fingerprint density at radius 2 is 1.72 bits per heavy atom. The van der Waals surface area contributed by atoms with E-state index in [1.807, 2.05) is 0 Å². The van der Waals surface area contributed by atoms with Crippen molar-refractivity contribution in [1.82, 2.24) is 10.2 Å². The first-order chi connectivity index (χ1) is 8.92. The van der Waals surface area contributed by atoms with Crippen molar-refractivity contribution < 1.29 is 0 Å². The van der Waals surface area contributed by atoms with Gasteiger partial charge in [0.05, 0.1) is 0 Å². The summed E-state index contributed by atoms with van der Waals surface area (Å²) in [6.07, 6.45) is 2.78. The Balaban J connectivity index is 1.40. The summed E-state index contributed by atoms with van der Waals surface area (Å²) in [5, 5.41) is 3.59. The lowest BCUT2D eigenvalue weighted by Crippen LogP contribution is -2.48. The third-order valence-electron chi connectivity index (χ3n) is 3.93. The van der Waals surface area contributed by atoms with E-state index in [0.29, 0.717) is 0 Å². The van der Waals surface area contributed by atoms with Crippen LogP contribution in [0.1, 0.15) is 12.8 Å². The number of nitrogens with zero attached hydrogens (tertiary/aromatic N) is 2. The molecule has 1 aliphatic carbocycles. The van der Waals surface area contributed by atoms with E-state index < -0.39 is 0 Å². The predicted molar refractivity (Wildman–Crippen MR) is 76.1 cm³/mol. The van der Waals surface area contributed by atoms with Gasteiger partial charge in [0.1, 0.15) is 0 Å². The molecule has 1 saturated heterocycles. The van der Waals surface area contributed by atoms with Gasteiger partial charge < -0.3 is 10.2 Å². The Labute approximate surface area is 110 Å². The quantitative estimate of drug-likeness (QED) is 0.849. The summed E-state index contributed by atoms with van der Waals surface area (Å²) in [6, 6.07) is 11.6. The third kappa shape index (κ3) is 3.24. The van der Waals surface area contributed by atoms with Gasteiger partial charge in [0.15, 0.2) is 0 Å². The first-order valence-electron chi connectivity index (χ1n) is 7.17. The van der Waals surface area contributed by atoms with Gasteiger partial charge in [0, 0.05) is 51.0 Å². The number of anilines is 1. The van der Waals surface area contributed by atoms with Gasteiger partial charge in [-0.05, 0) is 25.0 Å². The average Bonchev–Trinajstić information content (AvgIpc) is 3.25. The maximum absolute atomic E-state index is 3.59. The number of hydrogen-bond acceptors (Lipinski definition) is 3. The van der Waals surface area contributed by atoms with Crippen molar-refractivity contribution in [3.05, 3.63) is 30.3 Å². The molecule has 3 heteroatoms. The smallest absolute Gasteiger partial charge is 0.0367 e. The Kier molecular flexibility index (Phi) is 3.81. The van der Waals surface area contributed by atoms with Crippen LogP contribution in [0.5, 0.6) is 0 Å². The monoisotopic (exact) mass is 245 g/mol. The fourth-order valence-corrected chi connectivity index (χ4v) is 2.58. The van der Waals surface area contributed by atoms with Crippen LogP contribution in [-0.4, -0.2) is 50.2 Å². The second-order valence-electron chi connectivity index (χ2n) is 5.39. The van der Waals surface area contributed by atoms with E-state index in [0.717, 1.165) is 25.7 Å². The number of piperazine rings is 1. The van der Waals surface area contributed by atoms with Gasteiger partial charge in [0.25, 0.3) is 0 Å². The molecule has 0 aromatic heterocycles. The lowest BCUT2D eigenvalue weighted by Gasteiger charge is -2.36. The van der Waals surface area contributed by atoms with Crippen LogP contribution in [0.2, 0.25) is 0 Å². The highest BCUT2D eigenvalue weighted by Crippen LogP contribution is 2.18. The molecule has 1 heterocycles. The van der Waals surface area contributed by atoms with E-state index >= 15 is 0 Å². The van der Waals surface area contributed by atoms with Crippen LogP contribution in [0.25, 0.3) is 0 Å². The van der Waals surface area contributed by atoms with Crippen molar-refractivity contribution in [2.75, 3.05) is 44.2 Å². The third-order valence-corrected chi connectivity index (χ3v) is 3.93. The van der Waals surface area contributed by atoms with Crippen LogP contribution in [-0.2, 0) is 0 Å². The van der Waals surface area contributed by atoms with Gasteiger partial charge in [-0.3, -0.25) is 4.90 Å². The molecule has 0 atom stereocenters. The largest absolute Gasteiger partial charge is 0.369 e. The van der Waals surface area contributed by atoms with Crippen molar-refractivity contribution >= 4 is 5.69 Å². The summed E-state index contributed by atoms with van der Waals surface area (Å²) in [6.45, 7) is 7.08. The van der Waals surface area contributed by atoms with Gasteiger partial charge in [-0.1, -0.05) is 18.2 Å². The molecule has 98 valence electrons. The molecule has 0 unspecified atom stereocenters. The zero-order chi connectivity index (χ0) is 12.2. The number of para-hydroxylation sites is 1. The van der Waals surface area contributed by atoms with Gasteiger partial charge >= 0.3 is 0 Å². The Morgan fingerprint density at radius 3 is 2.39 bits per heavy atom. The second-order valence-corrected chi connectivity index (χ2v) is 5.39. The summed E-state index contributed by atoms with van der Waals surface area (Å²) in [5.74, 6) is 0. The lowest BCUT2D eigenvalue weighted by molar-refractivity contribution is 0.257. The molecule has 1 aromatic carbocycles. The minimum atomic E-state index is 0.843.